The van der Waals surface area contributed by atoms with Crippen molar-refractivity contribution in [2.75, 3.05) is 11.1 Å². The Bertz CT molecular complexity index is 646. The molecule has 1 amide bonds. The quantitative estimate of drug-likeness (QED) is 0.845. The standard InChI is InChI=1S/C15H14ClFN2O/c1-9(10-3-2-4-11(18)7-10)15(20)19-12-5-6-13(16)14(17)8-12/h2-9H,18H2,1H3,(H,19,20). The van der Waals surface area contributed by atoms with Gasteiger partial charge in [0.05, 0.1) is 10.9 Å². The fraction of sp³-hybridized carbons (Fsp3) is 0.133. The first-order valence-corrected chi connectivity index (χ1v) is 6.46. The van der Waals surface area contributed by atoms with E-state index in [2.05, 4.69) is 5.32 Å². The summed E-state index contributed by atoms with van der Waals surface area (Å²) < 4.78 is 13.3. The van der Waals surface area contributed by atoms with Gasteiger partial charge >= 0.3 is 0 Å². The number of benzene rings is 2. The van der Waals surface area contributed by atoms with Gasteiger partial charge in [0, 0.05) is 11.4 Å². The van der Waals surface area contributed by atoms with Gasteiger partial charge in [-0.2, -0.15) is 0 Å². The van der Waals surface area contributed by atoms with Gasteiger partial charge in [0.25, 0.3) is 0 Å². The highest BCUT2D eigenvalue weighted by atomic mass is 35.5. The van der Waals surface area contributed by atoms with E-state index < -0.39 is 11.7 Å². The largest absolute Gasteiger partial charge is 0.399 e. The lowest BCUT2D eigenvalue weighted by Gasteiger charge is -2.13. The summed E-state index contributed by atoms with van der Waals surface area (Å²) in [6.45, 7) is 1.76. The van der Waals surface area contributed by atoms with Gasteiger partial charge in [-0.15, -0.1) is 0 Å². The van der Waals surface area contributed by atoms with E-state index in [4.69, 9.17) is 17.3 Å². The monoisotopic (exact) mass is 292 g/mol. The summed E-state index contributed by atoms with van der Waals surface area (Å²) in [7, 11) is 0. The number of rotatable bonds is 3. The molecule has 0 saturated carbocycles. The summed E-state index contributed by atoms with van der Waals surface area (Å²) in [5.41, 5.74) is 7.46. The predicted octanol–water partition coefficient (Wildman–Crippen LogP) is 3.80. The minimum absolute atomic E-state index is 0.0203. The summed E-state index contributed by atoms with van der Waals surface area (Å²) in [6, 6.07) is 11.2. The third kappa shape index (κ3) is 3.27. The lowest BCUT2D eigenvalue weighted by atomic mass is 10.00. The Morgan fingerprint density at radius 3 is 2.70 bits per heavy atom. The molecule has 5 heteroatoms. The van der Waals surface area contributed by atoms with Gasteiger partial charge < -0.3 is 11.1 Å². The molecule has 3 N–H and O–H groups in total. The molecule has 2 aromatic rings. The summed E-state index contributed by atoms with van der Waals surface area (Å²) in [4.78, 5) is 12.1. The average Bonchev–Trinajstić information content (AvgIpc) is 2.42. The van der Waals surface area contributed by atoms with Crippen molar-refractivity contribution in [1.29, 1.82) is 0 Å². The highest BCUT2D eigenvalue weighted by Crippen LogP contribution is 2.22. The Hall–Kier alpha value is -2.07. The molecule has 0 aromatic heterocycles. The Morgan fingerprint density at radius 1 is 1.30 bits per heavy atom. The molecule has 1 atom stereocenters. The Balaban J connectivity index is 2.13. The van der Waals surface area contributed by atoms with Crippen molar-refractivity contribution in [1.82, 2.24) is 0 Å². The van der Waals surface area contributed by atoms with E-state index in [0.717, 1.165) is 5.56 Å². The van der Waals surface area contributed by atoms with Crippen LogP contribution in [0.2, 0.25) is 5.02 Å². The normalized spacial score (nSPS) is 11.9. The van der Waals surface area contributed by atoms with Crippen molar-refractivity contribution >= 4 is 28.9 Å². The zero-order valence-electron chi connectivity index (χ0n) is 10.9. The first-order valence-electron chi connectivity index (χ1n) is 6.08. The second kappa shape index (κ2) is 5.92. The van der Waals surface area contributed by atoms with Crippen molar-refractivity contribution in [2.45, 2.75) is 12.8 Å². The molecule has 3 nitrogen and oxygen atoms in total. The number of halogens is 2. The van der Waals surface area contributed by atoms with Crippen LogP contribution < -0.4 is 11.1 Å². The Morgan fingerprint density at radius 2 is 2.05 bits per heavy atom. The van der Waals surface area contributed by atoms with Gasteiger partial charge in [-0.1, -0.05) is 23.7 Å². The third-order valence-corrected chi connectivity index (χ3v) is 3.30. The minimum Gasteiger partial charge on any atom is -0.399 e. The molecule has 0 spiro atoms. The fourth-order valence-electron chi connectivity index (χ4n) is 1.80. The van der Waals surface area contributed by atoms with Crippen LogP contribution in [0.3, 0.4) is 0 Å². The molecule has 0 aliphatic carbocycles. The second-order valence-corrected chi connectivity index (χ2v) is 4.92. The van der Waals surface area contributed by atoms with E-state index in [1.807, 2.05) is 6.07 Å². The number of hydrogen-bond donors (Lipinski definition) is 2. The molecule has 0 heterocycles. The topological polar surface area (TPSA) is 55.1 Å². The van der Waals surface area contributed by atoms with Gasteiger partial charge in [-0.25, -0.2) is 4.39 Å². The van der Waals surface area contributed by atoms with Crippen molar-refractivity contribution in [2.24, 2.45) is 0 Å². The van der Waals surface area contributed by atoms with Crippen molar-refractivity contribution in [3.05, 3.63) is 58.9 Å². The van der Waals surface area contributed by atoms with Gasteiger partial charge in [0.2, 0.25) is 5.91 Å². The maximum Gasteiger partial charge on any atom is 0.231 e. The Kier molecular flexibility index (Phi) is 4.25. The van der Waals surface area contributed by atoms with Crippen molar-refractivity contribution in [3.8, 4) is 0 Å². The lowest BCUT2D eigenvalue weighted by molar-refractivity contribution is -0.117. The van der Waals surface area contributed by atoms with Gasteiger partial charge in [-0.05, 0) is 42.8 Å². The van der Waals surface area contributed by atoms with E-state index in [9.17, 15) is 9.18 Å². The van der Waals surface area contributed by atoms with Crippen molar-refractivity contribution in [3.63, 3.8) is 0 Å². The van der Waals surface area contributed by atoms with Crippen LogP contribution in [0.15, 0.2) is 42.5 Å². The fourth-order valence-corrected chi connectivity index (χ4v) is 1.92. The third-order valence-electron chi connectivity index (χ3n) is 2.99. The molecule has 0 saturated heterocycles. The van der Waals surface area contributed by atoms with E-state index >= 15 is 0 Å². The molecule has 0 aliphatic heterocycles. The second-order valence-electron chi connectivity index (χ2n) is 4.51. The maximum absolute atomic E-state index is 13.3. The number of hydrogen-bond acceptors (Lipinski definition) is 2. The van der Waals surface area contributed by atoms with Crippen LogP contribution >= 0.6 is 11.6 Å². The number of carbonyl (C=O) groups is 1. The highest BCUT2D eigenvalue weighted by Gasteiger charge is 2.16. The molecule has 0 bridgehead atoms. The molecular formula is C15H14ClFN2O. The molecule has 0 aliphatic rings. The number of nitrogen functional groups attached to an aromatic ring is 1. The molecule has 0 fully saturated rings. The van der Waals surface area contributed by atoms with Gasteiger partial charge in [0.15, 0.2) is 0 Å². The number of carbonyl (C=O) groups excluding carboxylic acids is 1. The number of nitrogens with one attached hydrogen (secondary N) is 1. The average molecular weight is 293 g/mol. The zero-order valence-corrected chi connectivity index (χ0v) is 11.6. The number of amides is 1. The summed E-state index contributed by atoms with van der Waals surface area (Å²) in [5.74, 6) is -1.20. The minimum atomic E-state index is -0.568. The summed E-state index contributed by atoms with van der Waals surface area (Å²) in [5, 5.41) is 2.67. The molecule has 0 radical (unpaired) electrons. The van der Waals surface area contributed by atoms with Crippen LogP contribution in [0.4, 0.5) is 15.8 Å². The SMILES string of the molecule is CC(C(=O)Nc1ccc(Cl)c(F)c1)c1cccc(N)c1. The van der Waals surface area contributed by atoms with E-state index in [1.165, 1.54) is 12.1 Å². The van der Waals surface area contributed by atoms with Crippen LogP contribution in [0.25, 0.3) is 0 Å². The highest BCUT2D eigenvalue weighted by molar-refractivity contribution is 6.30. The van der Waals surface area contributed by atoms with Crippen molar-refractivity contribution < 1.29 is 9.18 Å². The number of nitrogens with two attached hydrogens (primary N) is 1. The predicted molar refractivity (Wildman–Crippen MR) is 79.3 cm³/mol. The molecule has 1 unspecified atom stereocenters. The summed E-state index contributed by atoms with van der Waals surface area (Å²) >= 11 is 5.59. The molecule has 20 heavy (non-hydrogen) atoms. The zero-order chi connectivity index (χ0) is 14.7. The van der Waals surface area contributed by atoms with Crippen LogP contribution in [-0.4, -0.2) is 5.91 Å². The summed E-state index contributed by atoms with van der Waals surface area (Å²) in [6.07, 6.45) is 0. The van der Waals surface area contributed by atoms with Gasteiger partial charge in [0.1, 0.15) is 5.82 Å². The maximum atomic E-state index is 13.3. The number of anilines is 2. The lowest BCUT2D eigenvalue weighted by Crippen LogP contribution is -2.19. The molecule has 2 rings (SSSR count). The van der Waals surface area contributed by atoms with Crippen LogP contribution in [-0.2, 0) is 4.79 Å². The van der Waals surface area contributed by atoms with E-state index in [-0.39, 0.29) is 10.9 Å². The van der Waals surface area contributed by atoms with Crippen LogP contribution in [0.5, 0.6) is 0 Å². The van der Waals surface area contributed by atoms with E-state index in [0.29, 0.717) is 11.4 Å². The first-order chi connectivity index (χ1) is 9.47. The molecular weight excluding hydrogens is 279 g/mol. The van der Waals surface area contributed by atoms with E-state index in [1.54, 1.807) is 31.2 Å². The van der Waals surface area contributed by atoms with Crippen LogP contribution in [0.1, 0.15) is 18.4 Å². The van der Waals surface area contributed by atoms with Gasteiger partial charge in [-0.3, -0.25) is 4.79 Å². The Labute approximate surface area is 121 Å². The molecule has 104 valence electrons. The smallest absolute Gasteiger partial charge is 0.231 e. The first kappa shape index (κ1) is 14.3. The van der Waals surface area contributed by atoms with Crippen LogP contribution in [0, 0.1) is 5.82 Å². The molecule has 2 aromatic carbocycles.